The van der Waals surface area contributed by atoms with Crippen LogP contribution in [0.1, 0.15) is 12.0 Å². The van der Waals surface area contributed by atoms with Gasteiger partial charge in [-0.05, 0) is 24.9 Å². The van der Waals surface area contributed by atoms with Gasteiger partial charge in [-0.2, -0.15) is 0 Å². The Hall–Kier alpha value is -0.860. The van der Waals surface area contributed by atoms with Crippen LogP contribution < -0.4 is 5.32 Å². The smallest absolute Gasteiger partial charge is 0.0708 e. The molecule has 1 aromatic carbocycles. The van der Waals surface area contributed by atoms with Crippen molar-refractivity contribution >= 4 is 0 Å². The van der Waals surface area contributed by atoms with Crippen LogP contribution in [0, 0.1) is 0 Å². The van der Waals surface area contributed by atoms with Crippen molar-refractivity contribution in [2.24, 2.45) is 0 Å². The van der Waals surface area contributed by atoms with Crippen molar-refractivity contribution in [3.63, 3.8) is 0 Å². The molecule has 1 aliphatic heterocycles. The van der Waals surface area contributed by atoms with E-state index in [1.165, 1.54) is 5.56 Å². The number of aliphatic hydroxyl groups is 1. The van der Waals surface area contributed by atoms with Gasteiger partial charge in [-0.1, -0.05) is 30.3 Å². The summed E-state index contributed by atoms with van der Waals surface area (Å²) >= 11 is 0. The molecule has 1 aliphatic rings. The zero-order valence-electron chi connectivity index (χ0n) is 7.61. The lowest BCUT2D eigenvalue weighted by Gasteiger charge is -2.14. The first kappa shape index (κ1) is 8.73. The minimum atomic E-state index is -0.166. The molecule has 0 radical (unpaired) electrons. The lowest BCUT2D eigenvalue weighted by Crippen LogP contribution is -2.32. The molecule has 0 bridgehead atoms. The van der Waals surface area contributed by atoms with Crippen molar-refractivity contribution in [3.05, 3.63) is 35.9 Å². The first-order valence-electron chi connectivity index (χ1n) is 4.81. The molecule has 0 amide bonds. The molecule has 0 aromatic heterocycles. The van der Waals surface area contributed by atoms with Crippen LogP contribution in [0.15, 0.2) is 30.3 Å². The van der Waals surface area contributed by atoms with Crippen LogP contribution in [0.4, 0.5) is 0 Å². The molecule has 0 unspecified atom stereocenters. The lowest BCUT2D eigenvalue weighted by molar-refractivity contribution is 0.159. The van der Waals surface area contributed by atoms with E-state index in [-0.39, 0.29) is 12.1 Å². The second-order valence-electron chi connectivity index (χ2n) is 3.61. The Morgan fingerprint density at radius 3 is 2.69 bits per heavy atom. The molecule has 2 heteroatoms. The summed E-state index contributed by atoms with van der Waals surface area (Å²) in [5, 5.41) is 12.9. The fraction of sp³-hybridized carbons (Fsp3) is 0.455. The predicted molar refractivity (Wildman–Crippen MR) is 52.6 cm³/mol. The van der Waals surface area contributed by atoms with Gasteiger partial charge in [-0.3, -0.25) is 0 Å². The molecule has 1 aromatic rings. The summed E-state index contributed by atoms with van der Waals surface area (Å²) in [6.45, 7) is 0.943. The molecule has 1 heterocycles. The van der Waals surface area contributed by atoms with Gasteiger partial charge in [0.15, 0.2) is 0 Å². The molecule has 0 aliphatic carbocycles. The van der Waals surface area contributed by atoms with Gasteiger partial charge in [-0.25, -0.2) is 0 Å². The summed E-state index contributed by atoms with van der Waals surface area (Å²) in [7, 11) is 0. The molecule has 0 spiro atoms. The highest BCUT2D eigenvalue weighted by Crippen LogP contribution is 2.12. The summed E-state index contributed by atoms with van der Waals surface area (Å²) in [5.74, 6) is 0. The number of rotatable bonds is 2. The van der Waals surface area contributed by atoms with Crippen molar-refractivity contribution in [3.8, 4) is 0 Å². The van der Waals surface area contributed by atoms with Crippen LogP contribution in [0.25, 0.3) is 0 Å². The summed E-state index contributed by atoms with van der Waals surface area (Å²) in [4.78, 5) is 0. The number of aliphatic hydroxyl groups excluding tert-OH is 1. The maximum absolute atomic E-state index is 9.59. The van der Waals surface area contributed by atoms with E-state index in [0.717, 1.165) is 19.4 Å². The van der Waals surface area contributed by atoms with Gasteiger partial charge in [0.2, 0.25) is 0 Å². The third-order valence-corrected chi connectivity index (χ3v) is 2.61. The van der Waals surface area contributed by atoms with E-state index in [9.17, 15) is 5.11 Å². The average molecular weight is 177 g/mol. The molecule has 70 valence electrons. The van der Waals surface area contributed by atoms with Crippen LogP contribution in [0.2, 0.25) is 0 Å². The van der Waals surface area contributed by atoms with E-state index >= 15 is 0 Å². The topological polar surface area (TPSA) is 32.3 Å². The zero-order valence-corrected chi connectivity index (χ0v) is 7.61. The first-order valence-corrected chi connectivity index (χ1v) is 4.81. The second kappa shape index (κ2) is 3.90. The van der Waals surface area contributed by atoms with Crippen LogP contribution in [0.3, 0.4) is 0 Å². The molecular weight excluding hydrogens is 162 g/mol. The molecule has 2 rings (SSSR count). The van der Waals surface area contributed by atoms with Crippen molar-refractivity contribution < 1.29 is 5.11 Å². The minimum absolute atomic E-state index is 0.166. The van der Waals surface area contributed by atoms with E-state index in [1.807, 2.05) is 18.2 Å². The number of hydrogen-bond acceptors (Lipinski definition) is 2. The minimum Gasteiger partial charge on any atom is -0.391 e. The molecule has 2 N–H and O–H groups in total. The standard InChI is InChI=1S/C11H15NO/c13-11-6-7-12-10(11)8-9-4-2-1-3-5-9/h1-5,10-13H,6-8H2/t10-,11-/m0/s1. The van der Waals surface area contributed by atoms with E-state index in [4.69, 9.17) is 0 Å². The predicted octanol–water partition coefficient (Wildman–Crippen LogP) is 0.952. The van der Waals surface area contributed by atoms with Crippen LogP contribution >= 0.6 is 0 Å². The Morgan fingerprint density at radius 2 is 2.08 bits per heavy atom. The van der Waals surface area contributed by atoms with Crippen molar-refractivity contribution in [1.82, 2.24) is 5.32 Å². The number of benzene rings is 1. The summed E-state index contributed by atoms with van der Waals surface area (Å²) in [6, 6.07) is 10.6. The highest BCUT2D eigenvalue weighted by atomic mass is 16.3. The highest BCUT2D eigenvalue weighted by molar-refractivity contribution is 5.16. The van der Waals surface area contributed by atoms with E-state index in [0.29, 0.717) is 0 Å². The van der Waals surface area contributed by atoms with Gasteiger partial charge in [-0.15, -0.1) is 0 Å². The van der Waals surface area contributed by atoms with Gasteiger partial charge < -0.3 is 10.4 Å². The Bertz CT molecular complexity index is 260. The maximum Gasteiger partial charge on any atom is 0.0708 e. The quantitative estimate of drug-likeness (QED) is 0.705. The third-order valence-electron chi connectivity index (χ3n) is 2.61. The Balaban J connectivity index is 1.98. The van der Waals surface area contributed by atoms with Gasteiger partial charge in [0, 0.05) is 6.04 Å². The Morgan fingerprint density at radius 1 is 1.31 bits per heavy atom. The largest absolute Gasteiger partial charge is 0.391 e. The monoisotopic (exact) mass is 177 g/mol. The van der Waals surface area contributed by atoms with E-state index in [2.05, 4.69) is 17.4 Å². The second-order valence-corrected chi connectivity index (χ2v) is 3.61. The highest BCUT2D eigenvalue weighted by Gasteiger charge is 2.24. The van der Waals surface area contributed by atoms with Crippen LogP contribution in [0.5, 0.6) is 0 Å². The molecule has 1 saturated heterocycles. The normalized spacial score (nSPS) is 27.8. The van der Waals surface area contributed by atoms with Gasteiger partial charge in [0.25, 0.3) is 0 Å². The van der Waals surface area contributed by atoms with Gasteiger partial charge in [0.05, 0.1) is 6.10 Å². The Labute approximate surface area is 78.6 Å². The molecular formula is C11H15NO. The molecule has 1 fully saturated rings. The van der Waals surface area contributed by atoms with Crippen molar-refractivity contribution in [2.75, 3.05) is 6.54 Å². The zero-order chi connectivity index (χ0) is 9.10. The summed E-state index contributed by atoms with van der Waals surface area (Å²) in [6.07, 6.45) is 1.65. The van der Waals surface area contributed by atoms with E-state index < -0.39 is 0 Å². The lowest BCUT2D eigenvalue weighted by atomic mass is 10.0. The molecule has 13 heavy (non-hydrogen) atoms. The molecule has 2 nitrogen and oxygen atoms in total. The molecule has 2 atom stereocenters. The number of nitrogens with one attached hydrogen (secondary N) is 1. The average Bonchev–Trinajstić information content (AvgIpc) is 2.54. The number of hydrogen-bond donors (Lipinski definition) is 2. The fourth-order valence-electron chi connectivity index (χ4n) is 1.83. The van der Waals surface area contributed by atoms with Crippen LogP contribution in [-0.2, 0) is 6.42 Å². The Kier molecular flexibility index (Phi) is 2.62. The van der Waals surface area contributed by atoms with Crippen molar-refractivity contribution in [1.29, 1.82) is 0 Å². The third kappa shape index (κ3) is 2.08. The summed E-state index contributed by atoms with van der Waals surface area (Å²) < 4.78 is 0. The van der Waals surface area contributed by atoms with Crippen LogP contribution in [-0.4, -0.2) is 23.8 Å². The SMILES string of the molecule is O[C@H]1CCN[C@H]1Cc1ccccc1. The first-order chi connectivity index (χ1) is 6.36. The van der Waals surface area contributed by atoms with Crippen molar-refractivity contribution in [2.45, 2.75) is 25.0 Å². The maximum atomic E-state index is 9.59. The van der Waals surface area contributed by atoms with E-state index in [1.54, 1.807) is 0 Å². The fourth-order valence-corrected chi connectivity index (χ4v) is 1.83. The van der Waals surface area contributed by atoms with Gasteiger partial charge in [0.1, 0.15) is 0 Å². The molecule has 0 saturated carbocycles. The van der Waals surface area contributed by atoms with Gasteiger partial charge >= 0.3 is 0 Å². The summed E-state index contributed by atoms with van der Waals surface area (Å²) in [5.41, 5.74) is 1.29.